The largest absolute Gasteiger partial charge is 0.439 e. The van der Waals surface area contributed by atoms with Crippen molar-refractivity contribution in [1.82, 2.24) is 4.98 Å². The number of benzene rings is 1. The summed E-state index contributed by atoms with van der Waals surface area (Å²) in [7, 11) is 0. The fourth-order valence-corrected chi connectivity index (χ4v) is 1.47. The van der Waals surface area contributed by atoms with E-state index >= 15 is 0 Å². The van der Waals surface area contributed by atoms with E-state index < -0.39 is 17.7 Å². The molecule has 0 spiro atoms. The number of alkyl halides is 3. The van der Waals surface area contributed by atoms with Crippen molar-refractivity contribution in [3.8, 4) is 17.4 Å². The van der Waals surface area contributed by atoms with Crippen molar-refractivity contribution in [2.75, 3.05) is 0 Å². The van der Waals surface area contributed by atoms with E-state index in [9.17, 15) is 18.0 Å². The second-order valence-corrected chi connectivity index (χ2v) is 4.05. The molecule has 0 atom stereocenters. The van der Waals surface area contributed by atoms with E-state index in [1.54, 1.807) is 0 Å². The lowest BCUT2D eigenvalue weighted by atomic mass is 10.3. The molecule has 21 heavy (non-hydrogen) atoms. The number of hydrogen-bond acceptors (Lipinski definition) is 4. The monoisotopic (exact) mass is 297 g/mol. The van der Waals surface area contributed by atoms with E-state index in [1.165, 1.54) is 31.2 Å². The average molecular weight is 297 g/mol. The highest BCUT2D eigenvalue weighted by atomic mass is 19.4. The number of hydrogen-bond donors (Lipinski definition) is 0. The molecule has 0 fully saturated rings. The second kappa shape index (κ2) is 5.82. The lowest BCUT2D eigenvalue weighted by Gasteiger charge is -2.08. The maximum atomic E-state index is 12.4. The van der Waals surface area contributed by atoms with Gasteiger partial charge in [0.15, 0.2) is 0 Å². The molecule has 1 heterocycles. The van der Waals surface area contributed by atoms with Crippen molar-refractivity contribution in [2.24, 2.45) is 0 Å². The highest BCUT2D eigenvalue weighted by Gasteiger charge is 2.30. The number of rotatable bonds is 3. The van der Waals surface area contributed by atoms with Gasteiger partial charge in [0.2, 0.25) is 5.88 Å². The Morgan fingerprint density at radius 2 is 1.67 bits per heavy atom. The number of halogens is 3. The molecule has 0 saturated carbocycles. The van der Waals surface area contributed by atoms with Crippen LogP contribution in [0, 0.1) is 0 Å². The van der Waals surface area contributed by atoms with E-state index in [0.717, 1.165) is 12.1 Å². The van der Waals surface area contributed by atoms with Gasteiger partial charge < -0.3 is 9.47 Å². The summed E-state index contributed by atoms with van der Waals surface area (Å²) in [4.78, 5) is 14.3. The summed E-state index contributed by atoms with van der Waals surface area (Å²) in [6, 6.07) is 8.04. The molecule has 4 nitrogen and oxygen atoms in total. The van der Waals surface area contributed by atoms with Crippen LogP contribution in [-0.2, 0) is 11.0 Å². The number of nitrogens with zero attached hydrogens (tertiary/aromatic N) is 1. The molecule has 0 aliphatic rings. The Hall–Kier alpha value is -2.57. The fourth-order valence-electron chi connectivity index (χ4n) is 1.47. The molecule has 0 radical (unpaired) electrons. The summed E-state index contributed by atoms with van der Waals surface area (Å²) >= 11 is 0. The van der Waals surface area contributed by atoms with Crippen molar-refractivity contribution in [3.63, 3.8) is 0 Å². The summed E-state index contributed by atoms with van der Waals surface area (Å²) in [5.41, 5.74) is -0.847. The Kier molecular flexibility index (Phi) is 4.11. The predicted octanol–water partition coefficient (Wildman–Crippen LogP) is 3.82. The maximum Gasteiger partial charge on any atom is 0.417 e. The lowest BCUT2D eigenvalue weighted by Crippen LogP contribution is -2.05. The highest BCUT2D eigenvalue weighted by molar-refractivity contribution is 5.69. The molecule has 0 aliphatic heterocycles. The Labute approximate surface area is 118 Å². The van der Waals surface area contributed by atoms with Crippen LogP contribution in [0.4, 0.5) is 13.2 Å². The standard InChI is InChI=1S/C14H10F3NO3/c1-9(19)20-11-3-5-12(6-4-11)21-13-7-2-10(8-18-13)14(15,16)17/h2-8H,1H3. The Morgan fingerprint density at radius 3 is 2.14 bits per heavy atom. The van der Waals surface area contributed by atoms with Gasteiger partial charge in [-0.05, 0) is 30.3 Å². The van der Waals surface area contributed by atoms with Gasteiger partial charge in [-0.15, -0.1) is 0 Å². The van der Waals surface area contributed by atoms with Crippen LogP contribution >= 0.6 is 0 Å². The second-order valence-electron chi connectivity index (χ2n) is 4.05. The smallest absolute Gasteiger partial charge is 0.417 e. The summed E-state index contributed by atoms with van der Waals surface area (Å²) < 4.78 is 47.2. The minimum Gasteiger partial charge on any atom is -0.439 e. The van der Waals surface area contributed by atoms with Gasteiger partial charge in [-0.3, -0.25) is 4.79 Å². The van der Waals surface area contributed by atoms with Crippen LogP contribution in [0.3, 0.4) is 0 Å². The number of pyridine rings is 1. The van der Waals surface area contributed by atoms with Gasteiger partial charge in [-0.2, -0.15) is 13.2 Å². The van der Waals surface area contributed by atoms with Gasteiger partial charge in [0, 0.05) is 19.2 Å². The summed E-state index contributed by atoms with van der Waals surface area (Å²) in [5, 5.41) is 0. The molecular formula is C14H10F3NO3. The fraction of sp³-hybridized carbons (Fsp3) is 0.143. The van der Waals surface area contributed by atoms with Crippen LogP contribution in [-0.4, -0.2) is 11.0 Å². The van der Waals surface area contributed by atoms with Crippen molar-refractivity contribution < 1.29 is 27.4 Å². The molecule has 0 bridgehead atoms. The van der Waals surface area contributed by atoms with E-state index in [4.69, 9.17) is 9.47 Å². The normalized spacial score (nSPS) is 11.0. The van der Waals surface area contributed by atoms with Crippen LogP contribution in [0.15, 0.2) is 42.6 Å². The minimum atomic E-state index is -4.43. The van der Waals surface area contributed by atoms with E-state index in [-0.39, 0.29) is 5.88 Å². The molecule has 0 unspecified atom stereocenters. The molecule has 0 N–H and O–H groups in total. The summed E-state index contributed by atoms with van der Waals surface area (Å²) in [6.07, 6.45) is -3.74. The Balaban J connectivity index is 2.06. The van der Waals surface area contributed by atoms with Crippen LogP contribution < -0.4 is 9.47 Å². The topological polar surface area (TPSA) is 48.4 Å². The van der Waals surface area contributed by atoms with Crippen LogP contribution in [0.5, 0.6) is 17.4 Å². The minimum absolute atomic E-state index is 0.0308. The molecule has 1 aromatic heterocycles. The first-order valence-electron chi connectivity index (χ1n) is 5.84. The number of carbonyl (C=O) groups is 1. The SMILES string of the molecule is CC(=O)Oc1ccc(Oc2ccc(C(F)(F)F)cn2)cc1. The Bertz CT molecular complexity index is 621. The third-order valence-corrected chi connectivity index (χ3v) is 2.37. The number of esters is 1. The Morgan fingerprint density at radius 1 is 1.05 bits per heavy atom. The molecule has 0 aliphatic carbocycles. The predicted molar refractivity (Wildman–Crippen MR) is 67.1 cm³/mol. The average Bonchev–Trinajstić information content (AvgIpc) is 2.40. The third kappa shape index (κ3) is 4.20. The summed E-state index contributed by atoms with van der Waals surface area (Å²) in [5.74, 6) is 0.282. The lowest BCUT2D eigenvalue weighted by molar-refractivity contribution is -0.138. The van der Waals surface area contributed by atoms with Gasteiger partial charge in [0.25, 0.3) is 0 Å². The molecule has 2 rings (SSSR count). The van der Waals surface area contributed by atoms with Crippen molar-refractivity contribution in [3.05, 3.63) is 48.2 Å². The van der Waals surface area contributed by atoms with E-state index in [2.05, 4.69) is 4.98 Å². The first kappa shape index (κ1) is 14.8. The first-order chi connectivity index (χ1) is 9.84. The van der Waals surface area contributed by atoms with Crippen LogP contribution in [0.1, 0.15) is 12.5 Å². The molecule has 1 aromatic carbocycles. The van der Waals surface area contributed by atoms with E-state index in [0.29, 0.717) is 17.7 Å². The zero-order chi connectivity index (χ0) is 15.5. The number of aromatic nitrogens is 1. The maximum absolute atomic E-state index is 12.4. The molecule has 110 valence electrons. The van der Waals surface area contributed by atoms with Gasteiger partial charge >= 0.3 is 12.1 Å². The van der Waals surface area contributed by atoms with Gasteiger partial charge in [0.05, 0.1) is 5.56 Å². The zero-order valence-electron chi connectivity index (χ0n) is 10.8. The molecular weight excluding hydrogens is 287 g/mol. The van der Waals surface area contributed by atoms with Gasteiger partial charge in [-0.25, -0.2) is 4.98 Å². The third-order valence-electron chi connectivity index (χ3n) is 2.37. The molecule has 0 amide bonds. The van der Waals surface area contributed by atoms with Gasteiger partial charge in [-0.1, -0.05) is 0 Å². The highest BCUT2D eigenvalue weighted by Crippen LogP contribution is 2.30. The van der Waals surface area contributed by atoms with Crippen molar-refractivity contribution in [1.29, 1.82) is 0 Å². The van der Waals surface area contributed by atoms with Crippen LogP contribution in [0.25, 0.3) is 0 Å². The van der Waals surface area contributed by atoms with E-state index in [1.807, 2.05) is 0 Å². The molecule has 7 heteroatoms. The van der Waals surface area contributed by atoms with Gasteiger partial charge in [0.1, 0.15) is 11.5 Å². The van der Waals surface area contributed by atoms with Crippen LogP contribution in [0.2, 0.25) is 0 Å². The van der Waals surface area contributed by atoms with Crippen molar-refractivity contribution >= 4 is 5.97 Å². The zero-order valence-corrected chi connectivity index (χ0v) is 10.8. The number of carbonyl (C=O) groups excluding carboxylic acids is 1. The number of ether oxygens (including phenoxy) is 2. The summed E-state index contributed by atoms with van der Waals surface area (Å²) in [6.45, 7) is 1.27. The quantitative estimate of drug-likeness (QED) is 0.638. The molecule has 2 aromatic rings. The first-order valence-corrected chi connectivity index (χ1v) is 5.84. The van der Waals surface area contributed by atoms with Crippen molar-refractivity contribution in [2.45, 2.75) is 13.1 Å². The molecule has 0 saturated heterocycles.